The topological polar surface area (TPSA) is 79.3 Å². The monoisotopic (exact) mass is 306 g/mol. The van der Waals surface area contributed by atoms with Crippen LogP contribution in [0.25, 0.3) is 0 Å². The van der Waals surface area contributed by atoms with Crippen molar-refractivity contribution in [2.45, 2.75) is 6.42 Å². The quantitative estimate of drug-likeness (QED) is 0.679. The molecule has 0 bridgehead atoms. The first-order valence-electron chi connectivity index (χ1n) is 6.85. The number of fused-ring (bicyclic) bond motifs is 1. The van der Waals surface area contributed by atoms with Gasteiger partial charge in [0.15, 0.2) is 5.75 Å². The van der Waals surface area contributed by atoms with Crippen molar-refractivity contribution in [1.82, 2.24) is 0 Å². The Morgan fingerprint density at radius 2 is 1.87 bits per heavy atom. The Balaban J connectivity index is 2.19. The normalized spacial score (nSPS) is 20.4. The maximum Gasteiger partial charge on any atom is 0.184 e. The third-order valence-electron chi connectivity index (χ3n) is 2.74. The van der Waals surface area contributed by atoms with Gasteiger partial charge in [-0.2, -0.15) is 5.26 Å². The molecule has 0 unspecified atom stereocenters. The van der Waals surface area contributed by atoms with Gasteiger partial charge in [0.2, 0.25) is 0 Å². The Labute approximate surface area is 133 Å². The summed E-state index contributed by atoms with van der Waals surface area (Å²) in [6.45, 7) is 0. The van der Waals surface area contributed by atoms with Crippen molar-refractivity contribution in [2.75, 3.05) is 0 Å². The molecular weight excluding hydrogens is 292 g/mol. The van der Waals surface area contributed by atoms with Crippen LogP contribution < -0.4 is 4.89 Å². The van der Waals surface area contributed by atoms with E-state index in [1.165, 1.54) is 6.21 Å². The second-order valence-corrected chi connectivity index (χ2v) is 4.32. The maximum atomic E-state index is 8.92. The average molecular weight is 306 g/mol. The molecule has 0 amide bonds. The minimum atomic E-state index is 0.333. The zero-order chi connectivity index (χ0) is 16.2. The number of para-hydroxylation sites is 1. The summed E-state index contributed by atoms with van der Waals surface area (Å²) in [5.41, 5.74) is 1.28. The van der Waals surface area contributed by atoms with Gasteiger partial charge in [-0.25, -0.2) is 0 Å². The molecule has 23 heavy (non-hydrogen) atoms. The van der Waals surface area contributed by atoms with Crippen molar-refractivity contribution >= 4 is 6.21 Å². The molecular formula is C17H14N4O2. The summed E-state index contributed by atoms with van der Waals surface area (Å²) in [6, 6.07) is 9.42. The summed E-state index contributed by atoms with van der Waals surface area (Å²) in [4.78, 5) is 9.73. The largest absolute Gasteiger partial charge is 0.266 e. The van der Waals surface area contributed by atoms with Gasteiger partial charge in [-0.15, -0.1) is 10.1 Å². The Kier molecular flexibility index (Phi) is 6.56. The van der Waals surface area contributed by atoms with Gasteiger partial charge in [-0.3, -0.25) is 4.89 Å². The van der Waals surface area contributed by atoms with Crippen molar-refractivity contribution in [3.8, 4) is 11.8 Å². The zero-order valence-corrected chi connectivity index (χ0v) is 12.2. The average Bonchev–Trinajstić information content (AvgIpc) is 2.59. The molecule has 114 valence electrons. The highest BCUT2D eigenvalue weighted by molar-refractivity contribution is 5.83. The molecule has 0 radical (unpaired) electrons. The number of nitriles is 1. The summed E-state index contributed by atoms with van der Waals surface area (Å²) in [5.74, 6) is 0.547. The lowest BCUT2D eigenvalue weighted by atomic mass is 10.1. The molecule has 0 N–H and O–H groups in total. The summed E-state index contributed by atoms with van der Waals surface area (Å²) in [6.07, 6.45) is 14.8. The molecule has 0 aromatic heterocycles. The van der Waals surface area contributed by atoms with Gasteiger partial charge in [0.25, 0.3) is 0 Å². The number of nitrogens with zero attached hydrogens (tertiary/aromatic N) is 4. The lowest BCUT2D eigenvalue weighted by molar-refractivity contribution is -0.216. The number of hydrogen-bond donors (Lipinski definition) is 0. The molecule has 1 heterocycles. The van der Waals surface area contributed by atoms with Gasteiger partial charge >= 0.3 is 0 Å². The molecule has 0 saturated carbocycles. The second-order valence-electron chi connectivity index (χ2n) is 4.32. The lowest BCUT2D eigenvalue weighted by Gasteiger charge is -2.04. The van der Waals surface area contributed by atoms with E-state index in [4.69, 9.17) is 10.1 Å². The number of rotatable bonds is 0. The van der Waals surface area contributed by atoms with E-state index < -0.39 is 0 Å². The fraction of sp³-hybridized carbons (Fsp3) is 0.0588. The van der Waals surface area contributed by atoms with E-state index in [0.717, 1.165) is 5.56 Å². The maximum absolute atomic E-state index is 8.92. The molecule has 1 aromatic carbocycles. The van der Waals surface area contributed by atoms with Crippen molar-refractivity contribution in [3.05, 3.63) is 77.9 Å². The van der Waals surface area contributed by atoms with Crippen LogP contribution in [0.2, 0.25) is 0 Å². The molecule has 1 aliphatic heterocycles. The van der Waals surface area contributed by atoms with E-state index in [1.807, 2.05) is 54.6 Å². The Bertz CT molecular complexity index is 737. The summed E-state index contributed by atoms with van der Waals surface area (Å²) in [7, 11) is 0. The minimum Gasteiger partial charge on any atom is -0.266 e. The minimum absolute atomic E-state index is 0.333. The molecule has 6 nitrogen and oxygen atoms in total. The number of hydrogen-bond acceptors (Lipinski definition) is 6. The van der Waals surface area contributed by atoms with Gasteiger partial charge in [-0.05, 0) is 23.8 Å². The van der Waals surface area contributed by atoms with E-state index in [-0.39, 0.29) is 0 Å². The molecule has 0 fully saturated rings. The van der Waals surface area contributed by atoms with Crippen molar-refractivity contribution in [2.24, 2.45) is 15.6 Å². The van der Waals surface area contributed by atoms with Gasteiger partial charge in [0.1, 0.15) is 6.07 Å². The van der Waals surface area contributed by atoms with Crippen LogP contribution in [0.15, 0.2) is 88.0 Å². The van der Waals surface area contributed by atoms with Crippen molar-refractivity contribution < 1.29 is 9.88 Å². The van der Waals surface area contributed by atoms with Gasteiger partial charge in [-0.1, -0.05) is 54.7 Å². The van der Waals surface area contributed by atoms with Crippen LogP contribution in [0.5, 0.6) is 5.75 Å². The van der Waals surface area contributed by atoms with Crippen LogP contribution in [0.1, 0.15) is 5.56 Å². The van der Waals surface area contributed by atoms with Crippen LogP contribution in [0, 0.1) is 11.3 Å². The second kappa shape index (κ2) is 9.47. The molecule has 0 saturated heterocycles. The highest BCUT2D eigenvalue weighted by atomic mass is 17.3. The van der Waals surface area contributed by atoms with E-state index in [2.05, 4.69) is 20.6 Å². The molecule has 1 aliphatic rings. The van der Waals surface area contributed by atoms with E-state index in [0.29, 0.717) is 17.7 Å². The summed E-state index contributed by atoms with van der Waals surface area (Å²) < 4.78 is 0. The van der Waals surface area contributed by atoms with E-state index in [1.54, 1.807) is 18.2 Å². The highest BCUT2D eigenvalue weighted by Crippen LogP contribution is 2.19. The molecule has 0 spiro atoms. The Hall–Kier alpha value is -3.46. The van der Waals surface area contributed by atoms with Crippen LogP contribution in [-0.2, 0) is 11.4 Å². The van der Waals surface area contributed by atoms with Crippen molar-refractivity contribution in [3.63, 3.8) is 0 Å². The Morgan fingerprint density at radius 1 is 1.04 bits per heavy atom. The zero-order valence-electron chi connectivity index (χ0n) is 12.2. The van der Waals surface area contributed by atoms with Gasteiger partial charge in [0.05, 0.1) is 17.1 Å². The van der Waals surface area contributed by atoms with Crippen molar-refractivity contribution in [1.29, 1.82) is 5.26 Å². The van der Waals surface area contributed by atoms with Gasteiger partial charge < -0.3 is 0 Å². The smallest absolute Gasteiger partial charge is 0.184 e. The summed E-state index contributed by atoms with van der Waals surface area (Å²) in [5, 5.41) is 19.2. The molecule has 1 aromatic rings. The van der Waals surface area contributed by atoms with E-state index >= 15 is 0 Å². The fourth-order valence-electron chi connectivity index (χ4n) is 1.67. The molecule has 0 atom stereocenters. The first-order valence-corrected chi connectivity index (χ1v) is 6.85. The lowest BCUT2D eigenvalue weighted by Crippen LogP contribution is -1.94. The van der Waals surface area contributed by atoms with Crippen LogP contribution in [0.3, 0.4) is 0 Å². The first-order chi connectivity index (χ1) is 11.4. The van der Waals surface area contributed by atoms with Crippen LogP contribution in [0.4, 0.5) is 0 Å². The third-order valence-corrected chi connectivity index (χ3v) is 2.74. The number of benzene rings is 1. The van der Waals surface area contributed by atoms with E-state index in [9.17, 15) is 0 Å². The van der Waals surface area contributed by atoms with Crippen LogP contribution >= 0.6 is 0 Å². The van der Waals surface area contributed by atoms with Crippen LogP contribution in [-0.4, -0.2) is 6.21 Å². The Morgan fingerprint density at radius 3 is 2.78 bits per heavy atom. The summed E-state index contributed by atoms with van der Waals surface area (Å²) >= 11 is 0. The first kappa shape index (κ1) is 15.9. The highest BCUT2D eigenvalue weighted by Gasteiger charge is 2.02. The van der Waals surface area contributed by atoms with Gasteiger partial charge in [0, 0.05) is 5.56 Å². The predicted octanol–water partition coefficient (Wildman–Crippen LogP) is 4.02. The molecule has 2 rings (SSSR count). The molecule has 0 aliphatic carbocycles. The number of allylic oxidation sites excluding steroid dienone is 8. The SMILES string of the molecule is N#CC1=C\C=C/C=C/C=C/Cc2ccccc2OO/N=N\N=C1. The standard InChI is InChI=1S/C17H14N4O2/c18-13-15-9-5-3-1-2-4-6-10-16-11-7-8-12-17(16)22-23-21-20-19-14-15/h1-9,11-12,14H,10H2/b2-1+,5-3-,6-4+,15-9?,19-14?,21-20-. The third kappa shape index (κ3) is 5.81. The predicted molar refractivity (Wildman–Crippen MR) is 86.3 cm³/mol. The molecule has 6 heteroatoms. The fourth-order valence-corrected chi connectivity index (χ4v) is 1.67.